The lowest BCUT2D eigenvalue weighted by atomic mass is 9.64. The van der Waals surface area contributed by atoms with Crippen molar-refractivity contribution in [1.82, 2.24) is 9.88 Å². The molecule has 6 heteroatoms. The van der Waals surface area contributed by atoms with Crippen LogP contribution in [-0.2, 0) is 4.74 Å². The Bertz CT molecular complexity index is 1010. The number of hydrogen-bond acceptors (Lipinski definition) is 4. The van der Waals surface area contributed by atoms with E-state index in [0.29, 0.717) is 17.2 Å². The van der Waals surface area contributed by atoms with E-state index >= 15 is 0 Å². The highest BCUT2D eigenvalue weighted by atomic mass is 35.5. The van der Waals surface area contributed by atoms with Crippen molar-refractivity contribution in [1.29, 1.82) is 0 Å². The number of benzene rings is 1. The van der Waals surface area contributed by atoms with Gasteiger partial charge in [-0.05, 0) is 75.8 Å². The van der Waals surface area contributed by atoms with Crippen LogP contribution in [-0.4, -0.2) is 41.1 Å². The average Bonchev–Trinajstić information content (AvgIpc) is 2.75. The molecule has 1 aromatic carbocycles. The molecule has 1 spiro atoms. The number of halogens is 1. The summed E-state index contributed by atoms with van der Waals surface area (Å²) in [5.41, 5.74) is 2.31. The van der Waals surface area contributed by atoms with Crippen molar-refractivity contribution in [2.24, 2.45) is 11.3 Å². The van der Waals surface area contributed by atoms with E-state index in [1.165, 1.54) is 0 Å². The zero-order valence-corrected chi connectivity index (χ0v) is 19.1. The largest absolute Gasteiger partial charge is 0.487 e. The third-order valence-electron chi connectivity index (χ3n) is 7.48. The van der Waals surface area contributed by atoms with Crippen molar-refractivity contribution in [3.05, 3.63) is 58.4 Å². The van der Waals surface area contributed by atoms with Crippen LogP contribution in [0.2, 0.25) is 5.02 Å². The van der Waals surface area contributed by atoms with Crippen molar-refractivity contribution in [2.75, 3.05) is 19.7 Å². The molecule has 3 aliphatic rings. The Balaban J connectivity index is 1.33. The van der Waals surface area contributed by atoms with E-state index in [1.807, 2.05) is 42.2 Å². The van der Waals surface area contributed by atoms with Gasteiger partial charge in [0.2, 0.25) is 0 Å². The molecule has 0 unspecified atom stereocenters. The Labute approximate surface area is 188 Å². The molecule has 0 saturated carbocycles. The Morgan fingerprint density at radius 1 is 1.23 bits per heavy atom. The molecule has 2 atom stereocenters. The molecule has 31 heavy (non-hydrogen) atoms. The normalized spacial score (nSPS) is 26.0. The molecule has 4 heterocycles. The van der Waals surface area contributed by atoms with Gasteiger partial charge in [0.05, 0.1) is 18.3 Å². The van der Waals surface area contributed by atoms with E-state index in [2.05, 4.69) is 18.8 Å². The van der Waals surface area contributed by atoms with Crippen LogP contribution in [0.1, 0.15) is 60.8 Å². The molecule has 1 amide bonds. The van der Waals surface area contributed by atoms with E-state index < -0.39 is 0 Å². The molecule has 2 aromatic rings. The summed E-state index contributed by atoms with van der Waals surface area (Å²) in [7, 11) is 0. The number of aromatic nitrogens is 1. The van der Waals surface area contributed by atoms with Crippen LogP contribution < -0.4 is 4.74 Å². The summed E-state index contributed by atoms with van der Waals surface area (Å²) in [6.07, 6.45) is 4.65. The minimum Gasteiger partial charge on any atom is -0.487 e. The summed E-state index contributed by atoms with van der Waals surface area (Å²) in [6, 6.07) is 9.51. The van der Waals surface area contributed by atoms with Gasteiger partial charge in [-0.25, -0.2) is 0 Å². The number of piperidine rings is 1. The number of pyridine rings is 1. The van der Waals surface area contributed by atoms with Gasteiger partial charge in [0.1, 0.15) is 11.4 Å². The number of likely N-dealkylation sites (tertiary alicyclic amines) is 1. The molecular formula is C25H29ClN2O3. The van der Waals surface area contributed by atoms with E-state index in [1.54, 1.807) is 6.20 Å². The molecule has 2 saturated heterocycles. The van der Waals surface area contributed by atoms with Crippen molar-refractivity contribution in [2.45, 2.75) is 51.7 Å². The number of hydrogen-bond donors (Lipinski definition) is 0. The smallest absolute Gasteiger partial charge is 0.255 e. The number of aryl methyl sites for hydroxylation is 1. The SMILES string of the molecule is Cc1ncccc1C(=O)N1CCC2(CC1)CO[C@@H]1c3cc(Cl)ccc3OC(C)(C)[C@H]1C2. The first-order valence-electron chi connectivity index (χ1n) is 11.1. The topological polar surface area (TPSA) is 51.7 Å². The summed E-state index contributed by atoms with van der Waals surface area (Å²) < 4.78 is 12.9. The van der Waals surface area contributed by atoms with Crippen molar-refractivity contribution < 1.29 is 14.3 Å². The maximum atomic E-state index is 13.0. The average molecular weight is 441 g/mol. The van der Waals surface area contributed by atoms with Crippen molar-refractivity contribution in [3.8, 4) is 5.75 Å². The number of fused-ring (bicyclic) bond motifs is 3. The molecule has 164 valence electrons. The molecule has 0 aliphatic carbocycles. The minimum atomic E-state index is -0.321. The fourth-order valence-corrected chi connectivity index (χ4v) is 5.72. The molecule has 1 aromatic heterocycles. The molecule has 2 fully saturated rings. The first kappa shape index (κ1) is 20.8. The van der Waals surface area contributed by atoms with Gasteiger partial charge in [0, 0.05) is 41.5 Å². The molecule has 5 rings (SSSR count). The zero-order valence-electron chi connectivity index (χ0n) is 18.4. The fraction of sp³-hybridized carbons (Fsp3) is 0.520. The summed E-state index contributed by atoms with van der Waals surface area (Å²) >= 11 is 6.28. The molecular weight excluding hydrogens is 412 g/mol. The third kappa shape index (κ3) is 3.62. The monoisotopic (exact) mass is 440 g/mol. The van der Waals surface area contributed by atoms with E-state index in [9.17, 15) is 4.79 Å². The second-order valence-electron chi connectivity index (χ2n) is 9.86. The number of rotatable bonds is 1. The number of carbonyl (C=O) groups is 1. The van der Waals surface area contributed by atoms with E-state index in [4.69, 9.17) is 21.1 Å². The zero-order chi connectivity index (χ0) is 21.8. The molecule has 5 nitrogen and oxygen atoms in total. The maximum Gasteiger partial charge on any atom is 0.255 e. The van der Waals surface area contributed by atoms with Crippen LogP contribution in [0.3, 0.4) is 0 Å². The molecule has 0 bridgehead atoms. The Hall–Kier alpha value is -2.11. The third-order valence-corrected chi connectivity index (χ3v) is 7.72. The first-order chi connectivity index (χ1) is 14.8. The number of amides is 1. The number of carbonyl (C=O) groups excluding carboxylic acids is 1. The molecule has 0 N–H and O–H groups in total. The van der Waals surface area contributed by atoms with Crippen LogP contribution in [0.5, 0.6) is 5.75 Å². The van der Waals surface area contributed by atoms with Gasteiger partial charge in [-0.15, -0.1) is 0 Å². The Kier molecular flexibility index (Phi) is 5.02. The predicted octanol–water partition coefficient (Wildman–Crippen LogP) is 5.21. The summed E-state index contributed by atoms with van der Waals surface area (Å²) in [6.45, 7) is 8.42. The Morgan fingerprint density at radius 3 is 2.74 bits per heavy atom. The maximum absolute atomic E-state index is 13.0. The van der Waals surface area contributed by atoms with Gasteiger partial charge in [-0.1, -0.05) is 11.6 Å². The van der Waals surface area contributed by atoms with Crippen LogP contribution >= 0.6 is 11.6 Å². The highest BCUT2D eigenvalue weighted by molar-refractivity contribution is 6.30. The van der Waals surface area contributed by atoms with Gasteiger partial charge >= 0.3 is 0 Å². The first-order valence-corrected chi connectivity index (χ1v) is 11.5. The lowest BCUT2D eigenvalue weighted by molar-refractivity contribution is -0.173. The van der Waals surface area contributed by atoms with Gasteiger partial charge in [-0.3, -0.25) is 9.78 Å². The summed E-state index contributed by atoms with van der Waals surface area (Å²) in [4.78, 5) is 19.3. The van der Waals surface area contributed by atoms with Crippen LogP contribution in [0, 0.1) is 18.3 Å². The van der Waals surface area contributed by atoms with Gasteiger partial charge < -0.3 is 14.4 Å². The van der Waals surface area contributed by atoms with Crippen LogP contribution in [0.4, 0.5) is 0 Å². The van der Waals surface area contributed by atoms with E-state index in [-0.39, 0.29) is 28.9 Å². The number of nitrogens with zero attached hydrogens (tertiary/aromatic N) is 2. The lowest BCUT2D eigenvalue weighted by Crippen LogP contribution is -2.54. The van der Waals surface area contributed by atoms with Crippen LogP contribution in [0.15, 0.2) is 36.5 Å². The second-order valence-corrected chi connectivity index (χ2v) is 10.3. The Morgan fingerprint density at radius 2 is 2.00 bits per heavy atom. The van der Waals surface area contributed by atoms with Gasteiger partial charge in [0.25, 0.3) is 5.91 Å². The minimum absolute atomic E-state index is 0.000722. The molecule has 0 radical (unpaired) electrons. The summed E-state index contributed by atoms with van der Waals surface area (Å²) in [5.74, 6) is 1.20. The van der Waals surface area contributed by atoms with Crippen molar-refractivity contribution in [3.63, 3.8) is 0 Å². The lowest BCUT2D eigenvalue weighted by Gasteiger charge is -2.54. The fourth-order valence-electron chi connectivity index (χ4n) is 5.54. The standard InChI is InChI=1S/C25H29ClN2O3/c1-16-18(5-4-10-27-16)23(29)28-11-8-25(9-12-28)14-20-22(30-15-25)19-13-17(26)6-7-21(19)31-24(20,2)3/h4-7,10,13,20,22H,8-9,11-12,14-15H2,1-3H3/t20-,22+/m0/s1. The van der Waals surface area contributed by atoms with Gasteiger partial charge in [-0.2, -0.15) is 0 Å². The number of ether oxygens (including phenoxy) is 2. The van der Waals surface area contributed by atoms with E-state index in [0.717, 1.165) is 49.4 Å². The summed E-state index contributed by atoms with van der Waals surface area (Å²) in [5, 5.41) is 0.710. The van der Waals surface area contributed by atoms with Crippen molar-refractivity contribution >= 4 is 17.5 Å². The predicted molar refractivity (Wildman–Crippen MR) is 120 cm³/mol. The highest BCUT2D eigenvalue weighted by Gasteiger charge is 2.53. The second kappa shape index (κ2) is 7.49. The highest BCUT2D eigenvalue weighted by Crippen LogP contribution is 2.55. The quantitative estimate of drug-likeness (QED) is 0.610. The van der Waals surface area contributed by atoms with Gasteiger partial charge in [0.15, 0.2) is 0 Å². The molecule has 3 aliphatic heterocycles. The van der Waals surface area contributed by atoms with Crippen LogP contribution in [0.25, 0.3) is 0 Å².